The fourth-order valence-electron chi connectivity index (χ4n) is 1.33. The zero-order valence-electron chi connectivity index (χ0n) is 11.8. The Labute approximate surface area is 114 Å². The number of cyclic esters (lactones) is 1. The van der Waals surface area contributed by atoms with Crippen molar-refractivity contribution in [1.82, 2.24) is 4.90 Å². The lowest BCUT2D eigenvalue weighted by molar-refractivity contribution is -0.122. The molecular weight excluding hydrogens is 242 g/mol. The normalized spacial score (nSPS) is 15.4. The van der Waals surface area contributed by atoms with Crippen LogP contribution in [0.5, 0.6) is 0 Å². The first-order chi connectivity index (χ1) is 9.06. The van der Waals surface area contributed by atoms with Crippen molar-refractivity contribution < 1.29 is 14.3 Å². The van der Waals surface area contributed by atoms with E-state index in [1.165, 1.54) is 11.6 Å². The Bertz CT molecular complexity index is 406. The summed E-state index contributed by atoms with van der Waals surface area (Å²) in [6.45, 7) is 10.0. The van der Waals surface area contributed by atoms with E-state index < -0.39 is 6.09 Å². The van der Waals surface area contributed by atoms with Crippen LogP contribution in [0.1, 0.15) is 20.8 Å². The Balaban J connectivity index is 0.000000362. The van der Waals surface area contributed by atoms with Gasteiger partial charge in [0.05, 0.1) is 6.54 Å². The van der Waals surface area contributed by atoms with Gasteiger partial charge in [-0.15, -0.1) is 0 Å². The summed E-state index contributed by atoms with van der Waals surface area (Å²) in [4.78, 5) is 22.8. The molecule has 1 aliphatic heterocycles. The highest BCUT2D eigenvalue weighted by Gasteiger charge is 2.26. The highest BCUT2D eigenvalue weighted by Crippen LogP contribution is 2.03. The maximum absolute atomic E-state index is 11.0. The molecule has 0 aliphatic carbocycles. The highest BCUT2D eigenvalue weighted by atomic mass is 16.6. The summed E-state index contributed by atoms with van der Waals surface area (Å²) in [6.07, 6.45) is 10.2. The molecule has 1 fully saturated rings. The zero-order valence-corrected chi connectivity index (χ0v) is 11.8. The molecule has 0 bridgehead atoms. The molecule has 1 saturated heterocycles. The predicted octanol–water partition coefficient (Wildman–Crippen LogP) is 3.24. The van der Waals surface area contributed by atoms with Gasteiger partial charge in [0.2, 0.25) is 0 Å². The fraction of sp³-hybridized carbons (Fsp3) is 0.333. The van der Waals surface area contributed by atoms with Gasteiger partial charge in [-0.2, -0.15) is 0 Å². The monoisotopic (exact) mass is 263 g/mol. The van der Waals surface area contributed by atoms with Crippen molar-refractivity contribution in [2.75, 3.05) is 13.2 Å². The third-order valence-corrected chi connectivity index (χ3v) is 2.15. The Morgan fingerprint density at radius 2 is 1.95 bits per heavy atom. The number of hydrogen-bond acceptors (Lipinski definition) is 3. The van der Waals surface area contributed by atoms with E-state index in [4.69, 9.17) is 0 Å². The van der Waals surface area contributed by atoms with Gasteiger partial charge in [-0.1, -0.05) is 42.5 Å². The molecule has 0 unspecified atom stereocenters. The van der Waals surface area contributed by atoms with Gasteiger partial charge in [-0.3, -0.25) is 4.79 Å². The van der Waals surface area contributed by atoms with E-state index in [2.05, 4.69) is 11.3 Å². The summed E-state index contributed by atoms with van der Waals surface area (Å²) in [7, 11) is 0. The summed E-state index contributed by atoms with van der Waals surface area (Å²) in [5, 5.41) is 0. The van der Waals surface area contributed by atoms with Crippen LogP contribution in [0, 0.1) is 0 Å². The third kappa shape index (κ3) is 7.03. The number of allylic oxidation sites excluding steroid dienone is 6. The Kier molecular flexibility index (Phi) is 8.79. The first kappa shape index (κ1) is 16.9. The first-order valence-electron chi connectivity index (χ1n) is 6.09. The minimum absolute atomic E-state index is 0.308. The second-order valence-corrected chi connectivity index (χ2v) is 3.75. The van der Waals surface area contributed by atoms with Crippen molar-refractivity contribution in [3.63, 3.8) is 0 Å². The number of amides is 2. The number of carbonyl (C=O) groups is 2. The van der Waals surface area contributed by atoms with Gasteiger partial charge in [0.15, 0.2) is 0 Å². The van der Waals surface area contributed by atoms with Crippen LogP contribution in [-0.2, 0) is 9.53 Å². The maximum Gasteiger partial charge on any atom is 0.416 e. The topological polar surface area (TPSA) is 46.6 Å². The smallest absolute Gasteiger partial charge is 0.416 e. The van der Waals surface area contributed by atoms with Crippen molar-refractivity contribution in [3.05, 3.63) is 48.6 Å². The second-order valence-electron chi connectivity index (χ2n) is 3.75. The second kappa shape index (κ2) is 9.88. The molecule has 1 rings (SSSR count). The molecule has 0 aromatic carbocycles. The first-order valence-corrected chi connectivity index (χ1v) is 6.09. The molecule has 2 amide bonds. The van der Waals surface area contributed by atoms with Gasteiger partial charge in [-0.25, -0.2) is 9.69 Å². The molecular formula is C15H21NO3. The Hall–Kier alpha value is -2.10. The van der Waals surface area contributed by atoms with Crippen molar-refractivity contribution in [2.24, 2.45) is 0 Å². The number of rotatable bonds is 3. The summed E-state index contributed by atoms with van der Waals surface area (Å²) in [5.41, 5.74) is 1.24. The van der Waals surface area contributed by atoms with E-state index in [9.17, 15) is 9.59 Å². The van der Waals surface area contributed by atoms with Gasteiger partial charge in [0.25, 0.3) is 5.91 Å². The molecule has 0 aromatic rings. The lowest BCUT2D eigenvalue weighted by Gasteiger charge is -2.05. The van der Waals surface area contributed by atoms with Crippen LogP contribution < -0.4 is 0 Å². The fourth-order valence-corrected chi connectivity index (χ4v) is 1.33. The van der Waals surface area contributed by atoms with Gasteiger partial charge >= 0.3 is 6.09 Å². The summed E-state index contributed by atoms with van der Waals surface area (Å²) in [5.74, 6) is -0.310. The minimum atomic E-state index is -0.548. The zero-order chi connectivity index (χ0) is 14.7. The molecule has 104 valence electrons. The summed E-state index contributed by atoms with van der Waals surface area (Å²) >= 11 is 0. The standard InChI is InChI=1S/C8H12.C7H9NO3/c1-4-6-8(3)7-5-2;1-2-3-6(9)8-4-5-11-7(8)10/h4-7H,1H2,2-3H3;2-3H,4-5H2,1H3/b7-5-,8-6-;3-2-. The molecule has 0 radical (unpaired) electrons. The molecule has 4 heteroatoms. The maximum atomic E-state index is 11.0. The largest absolute Gasteiger partial charge is 0.447 e. The third-order valence-electron chi connectivity index (χ3n) is 2.15. The summed E-state index contributed by atoms with van der Waals surface area (Å²) in [6, 6.07) is 0. The molecule has 0 saturated carbocycles. The van der Waals surface area contributed by atoms with E-state index >= 15 is 0 Å². The average molecular weight is 263 g/mol. The molecule has 1 aliphatic rings. The number of carbonyl (C=O) groups excluding carboxylic acids is 2. The highest BCUT2D eigenvalue weighted by molar-refractivity contribution is 5.99. The summed E-state index contributed by atoms with van der Waals surface area (Å²) < 4.78 is 4.57. The van der Waals surface area contributed by atoms with Gasteiger partial charge in [-0.05, 0) is 26.8 Å². The van der Waals surface area contributed by atoms with E-state index in [1.54, 1.807) is 19.1 Å². The molecule has 0 N–H and O–H groups in total. The van der Waals surface area contributed by atoms with Crippen molar-refractivity contribution in [2.45, 2.75) is 20.8 Å². The van der Waals surface area contributed by atoms with Crippen LogP contribution in [0.4, 0.5) is 4.79 Å². The van der Waals surface area contributed by atoms with Crippen LogP contribution in [0.25, 0.3) is 0 Å². The number of ether oxygens (including phenoxy) is 1. The Morgan fingerprint density at radius 3 is 2.37 bits per heavy atom. The minimum Gasteiger partial charge on any atom is -0.447 e. The quantitative estimate of drug-likeness (QED) is 0.580. The van der Waals surface area contributed by atoms with Crippen LogP contribution >= 0.6 is 0 Å². The molecule has 0 atom stereocenters. The van der Waals surface area contributed by atoms with E-state index in [0.717, 1.165) is 4.90 Å². The van der Waals surface area contributed by atoms with Gasteiger partial charge in [0.1, 0.15) is 6.61 Å². The van der Waals surface area contributed by atoms with Crippen LogP contribution in [0.2, 0.25) is 0 Å². The predicted molar refractivity (Wildman–Crippen MR) is 76.6 cm³/mol. The lowest BCUT2D eigenvalue weighted by atomic mass is 10.2. The molecule has 0 spiro atoms. The number of nitrogens with zero attached hydrogens (tertiary/aromatic N) is 1. The molecule has 19 heavy (non-hydrogen) atoms. The molecule has 4 nitrogen and oxygen atoms in total. The number of imide groups is 1. The van der Waals surface area contributed by atoms with Crippen LogP contribution in [-0.4, -0.2) is 30.1 Å². The average Bonchev–Trinajstić information content (AvgIpc) is 2.77. The Morgan fingerprint density at radius 1 is 1.32 bits per heavy atom. The van der Waals surface area contributed by atoms with E-state index in [0.29, 0.717) is 13.2 Å². The van der Waals surface area contributed by atoms with Crippen LogP contribution in [0.15, 0.2) is 48.6 Å². The number of hydrogen-bond donors (Lipinski definition) is 0. The van der Waals surface area contributed by atoms with Crippen molar-refractivity contribution >= 4 is 12.0 Å². The van der Waals surface area contributed by atoms with Gasteiger partial charge in [0, 0.05) is 0 Å². The lowest BCUT2D eigenvalue weighted by Crippen LogP contribution is -2.29. The van der Waals surface area contributed by atoms with E-state index in [1.807, 2.05) is 32.1 Å². The van der Waals surface area contributed by atoms with Gasteiger partial charge < -0.3 is 4.74 Å². The molecule has 0 aromatic heterocycles. The molecule has 1 heterocycles. The van der Waals surface area contributed by atoms with E-state index in [-0.39, 0.29) is 5.91 Å². The van der Waals surface area contributed by atoms with Crippen molar-refractivity contribution in [1.29, 1.82) is 0 Å². The van der Waals surface area contributed by atoms with Crippen LogP contribution in [0.3, 0.4) is 0 Å². The van der Waals surface area contributed by atoms with Crippen molar-refractivity contribution in [3.8, 4) is 0 Å². The SMILES string of the molecule is C/C=C\C(=O)N1CCOC1=O.C=C/C=C(C)\C=C/C.